The topological polar surface area (TPSA) is 70.1 Å². The lowest BCUT2D eigenvalue weighted by Crippen LogP contribution is -2.45. The van der Waals surface area contributed by atoms with E-state index in [2.05, 4.69) is 6.92 Å². The standard InChI is InChI=1S/C15H20N2O4/c1-3-4-8-16(2)15(20)17-9-10-21-13-11(14(18)19)6-5-7-12(13)17/h5-7H,3-4,8-10H2,1-2H3,(H,18,19). The van der Waals surface area contributed by atoms with Crippen LogP contribution in [0.4, 0.5) is 10.5 Å². The maximum absolute atomic E-state index is 12.5. The minimum atomic E-state index is -1.06. The molecule has 21 heavy (non-hydrogen) atoms. The number of unbranched alkanes of at least 4 members (excludes halogenated alkanes) is 1. The van der Waals surface area contributed by atoms with Gasteiger partial charge in [0.1, 0.15) is 12.2 Å². The van der Waals surface area contributed by atoms with Crippen LogP contribution in [0.2, 0.25) is 0 Å². The maximum atomic E-state index is 12.5. The van der Waals surface area contributed by atoms with Gasteiger partial charge in [-0.1, -0.05) is 19.4 Å². The summed E-state index contributed by atoms with van der Waals surface area (Å²) in [5, 5.41) is 9.20. The Balaban J connectivity index is 2.28. The highest BCUT2D eigenvalue weighted by atomic mass is 16.5. The van der Waals surface area contributed by atoms with Crippen LogP contribution in [0.1, 0.15) is 30.1 Å². The number of carbonyl (C=O) groups excluding carboxylic acids is 1. The number of urea groups is 1. The molecule has 0 aliphatic carbocycles. The lowest BCUT2D eigenvalue weighted by atomic mass is 10.1. The van der Waals surface area contributed by atoms with Crippen LogP contribution in [0.3, 0.4) is 0 Å². The third kappa shape index (κ3) is 3.09. The van der Waals surface area contributed by atoms with Gasteiger partial charge in [-0.3, -0.25) is 4.90 Å². The molecule has 1 aliphatic rings. The molecule has 0 saturated carbocycles. The Morgan fingerprint density at radius 1 is 1.43 bits per heavy atom. The predicted octanol–water partition coefficient (Wildman–Crippen LogP) is 2.44. The number of nitrogens with zero attached hydrogens (tertiary/aromatic N) is 2. The van der Waals surface area contributed by atoms with Gasteiger partial charge in [0.15, 0.2) is 5.75 Å². The van der Waals surface area contributed by atoms with Gasteiger partial charge in [-0.05, 0) is 18.6 Å². The molecule has 1 heterocycles. The average molecular weight is 292 g/mol. The molecule has 0 aromatic heterocycles. The summed E-state index contributed by atoms with van der Waals surface area (Å²) < 4.78 is 5.46. The second-order valence-corrected chi connectivity index (χ2v) is 5.02. The first-order valence-electron chi connectivity index (χ1n) is 7.08. The number of aromatic carboxylic acids is 1. The fraction of sp³-hybridized carbons (Fsp3) is 0.467. The highest BCUT2D eigenvalue weighted by Crippen LogP contribution is 2.35. The third-order valence-corrected chi connectivity index (χ3v) is 3.48. The van der Waals surface area contributed by atoms with Crippen LogP contribution in [0.15, 0.2) is 18.2 Å². The molecular weight excluding hydrogens is 272 g/mol. The van der Waals surface area contributed by atoms with Crippen molar-refractivity contribution >= 4 is 17.7 Å². The van der Waals surface area contributed by atoms with E-state index in [-0.39, 0.29) is 17.3 Å². The molecule has 0 atom stereocenters. The fourth-order valence-corrected chi connectivity index (χ4v) is 2.31. The molecule has 2 amide bonds. The van der Waals surface area contributed by atoms with Gasteiger partial charge in [0.25, 0.3) is 0 Å². The van der Waals surface area contributed by atoms with Crippen molar-refractivity contribution in [3.8, 4) is 5.75 Å². The highest BCUT2D eigenvalue weighted by molar-refractivity contribution is 5.99. The van der Waals surface area contributed by atoms with Gasteiger partial charge >= 0.3 is 12.0 Å². The zero-order chi connectivity index (χ0) is 15.4. The Hall–Kier alpha value is -2.24. The molecule has 1 N–H and O–H groups in total. The molecule has 0 saturated heterocycles. The van der Waals surface area contributed by atoms with Crippen molar-refractivity contribution in [2.45, 2.75) is 19.8 Å². The Labute approximate surface area is 123 Å². The van der Waals surface area contributed by atoms with E-state index in [1.54, 1.807) is 29.0 Å². The van der Waals surface area contributed by atoms with Crippen LogP contribution in [0.25, 0.3) is 0 Å². The molecule has 0 radical (unpaired) electrons. The Kier molecular flexibility index (Phi) is 4.67. The van der Waals surface area contributed by atoms with E-state index in [1.807, 2.05) is 0 Å². The summed E-state index contributed by atoms with van der Waals surface area (Å²) in [6.07, 6.45) is 1.95. The number of hydrogen-bond acceptors (Lipinski definition) is 3. The number of amides is 2. The highest BCUT2D eigenvalue weighted by Gasteiger charge is 2.28. The van der Waals surface area contributed by atoms with Gasteiger partial charge in [0.05, 0.1) is 12.2 Å². The number of para-hydroxylation sites is 1. The fourth-order valence-electron chi connectivity index (χ4n) is 2.31. The van der Waals surface area contributed by atoms with E-state index in [4.69, 9.17) is 4.74 Å². The van der Waals surface area contributed by atoms with E-state index in [1.165, 1.54) is 6.07 Å². The largest absolute Gasteiger partial charge is 0.489 e. The van der Waals surface area contributed by atoms with E-state index < -0.39 is 5.97 Å². The summed E-state index contributed by atoms with van der Waals surface area (Å²) in [6.45, 7) is 3.47. The lowest BCUT2D eigenvalue weighted by molar-refractivity contribution is 0.0691. The number of benzene rings is 1. The normalized spacial score (nSPS) is 13.3. The monoisotopic (exact) mass is 292 g/mol. The van der Waals surface area contributed by atoms with Crippen molar-refractivity contribution in [1.29, 1.82) is 0 Å². The molecule has 1 aromatic rings. The SMILES string of the molecule is CCCCN(C)C(=O)N1CCOc2c(C(=O)O)cccc21. The van der Waals surface area contributed by atoms with Gasteiger partial charge < -0.3 is 14.7 Å². The van der Waals surface area contributed by atoms with Crippen LogP contribution in [-0.2, 0) is 0 Å². The van der Waals surface area contributed by atoms with E-state index in [0.717, 1.165) is 12.8 Å². The number of hydrogen-bond donors (Lipinski definition) is 1. The molecule has 0 spiro atoms. The number of carbonyl (C=O) groups is 2. The molecule has 0 fully saturated rings. The Bertz CT molecular complexity index is 544. The zero-order valence-corrected chi connectivity index (χ0v) is 12.3. The van der Waals surface area contributed by atoms with E-state index in [0.29, 0.717) is 25.4 Å². The second kappa shape index (κ2) is 6.47. The zero-order valence-electron chi connectivity index (χ0n) is 12.3. The quantitative estimate of drug-likeness (QED) is 0.925. The van der Waals surface area contributed by atoms with Crippen LogP contribution < -0.4 is 9.64 Å². The minimum Gasteiger partial charge on any atom is -0.489 e. The summed E-state index contributed by atoms with van der Waals surface area (Å²) in [5.74, 6) is -0.783. The number of fused-ring (bicyclic) bond motifs is 1. The molecule has 0 unspecified atom stereocenters. The Morgan fingerprint density at radius 3 is 2.86 bits per heavy atom. The summed E-state index contributed by atoms with van der Waals surface area (Å²) in [7, 11) is 1.76. The summed E-state index contributed by atoms with van der Waals surface area (Å²) in [5.41, 5.74) is 0.607. The van der Waals surface area contributed by atoms with Crippen molar-refractivity contribution in [3.05, 3.63) is 23.8 Å². The smallest absolute Gasteiger partial charge is 0.339 e. The van der Waals surface area contributed by atoms with Crippen LogP contribution in [0, 0.1) is 0 Å². The maximum Gasteiger partial charge on any atom is 0.339 e. The van der Waals surface area contributed by atoms with Crippen LogP contribution in [0.5, 0.6) is 5.75 Å². The number of ether oxygens (including phenoxy) is 1. The van der Waals surface area contributed by atoms with Gasteiger partial charge in [-0.25, -0.2) is 9.59 Å². The molecule has 0 bridgehead atoms. The van der Waals surface area contributed by atoms with Gasteiger partial charge in [0, 0.05) is 13.6 Å². The van der Waals surface area contributed by atoms with Gasteiger partial charge in [-0.2, -0.15) is 0 Å². The number of anilines is 1. The predicted molar refractivity (Wildman–Crippen MR) is 79.2 cm³/mol. The molecule has 6 nitrogen and oxygen atoms in total. The number of carboxylic acid groups (broad SMARTS) is 1. The molecule has 1 aliphatic heterocycles. The first kappa shape index (κ1) is 15.2. The van der Waals surface area contributed by atoms with Gasteiger partial charge in [-0.15, -0.1) is 0 Å². The lowest BCUT2D eigenvalue weighted by Gasteiger charge is -2.33. The molecule has 1 aromatic carbocycles. The first-order valence-corrected chi connectivity index (χ1v) is 7.08. The second-order valence-electron chi connectivity index (χ2n) is 5.02. The third-order valence-electron chi connectivity index (χ3n) is 3.48. The van der Waals surface area contributed by atoms with Crippen molar-refractivity contribution in [3.63, 3.8) is 0 Å². The van der Waals surface area contributed by atoms with Crippen molar-refractivity contribution in [2.75, 3.05) is 31.6 Å². The first-order chi connectivity index (χ1) is 10.1. The van der Waals surface area contributed by atoms with E-state index in [9.17, 15) is 14.7 Å². The van der Waals surface area contributed by atoms with E-state index >= 15 is 0 Å². The summed E-state index contributed by atoms with van der Waals surface area (Å²) in [6, 6.07) is 4.70. The van der Waals surface area contributed by atoms with Crippen LogP contribution >= 0.6 is 0 Å². The summed E-state index contributed by atoms with van der Waals surface area (Å²) >= 11 is 0. The summed E-state index contributed by atoms with van der Waals surface area (Å²) in [4.78, 5) is 27.0. The molecule has 6 heteroatoms. The number of rotatable bonds is 4. The van der Waals surface area contributed by atoms with Crippen molar-refractivity contribution in [2.24, 2.45) is 0 Å². The van der Waals surface area contributed by atoms with Gasteiger partial charge in [0.2, 0.25) is 0 Å². The average Bonchev–Trinajstić information content (AvgIpc) is 2.50. The Morgan fingerprint density at radius 2 is 2.19 bits per heavy atom. The molecular formula is C15H20N2O4. The van der Waals surface area contributed by atoms with Crippen molar-refractivity contribution in [1.82, 2.24) is 4.90 Å². The molecule has 114 valence electrons. The minimum absolute atomic E-state index is 0.0845. The van der Waals surface area contributed by atoms with Crippen LogP contribution in [-0.4, -0.2) is 48.8 Å². The van der Waals surface area contributed by atoms with Crippen molar-refractivity contribution < 1.29 is 19.4 Å². The molecule has 2 rings (SSSR count). The number of carboxylic acids is 1.